The largest absolute Gasteiger partial charge is 0.494 e. The van der Waals surface area contributed by atoms with Crippen molar-refractivity contribution in [2.75, 3.05) is 6.61 Å². The lowest BCUT2D eigenvalue weighted by Crippen LogP contribution is -2.00. The molecule has 2 aromatic rings. The molecule has 0 spiro atoms. The summed E-state index contributed by atoms with van der Waals surface area (Å²) in [4.78, 5) is 13.4. The van der Waals surface area contributed by atoms with Crippen LogP contribution in [0.15, 0.2) is 41.8 Å². The van der Waals surface area contributed by atoms with Gasteiger partial charge in [-0.25, -0.2) is 0 Å². The lowest BCUT2D eigenvalue weighted by atomic mass is 10.1. The first-order valence-corrected chi connectivity index (χ1v) is 7.46. The van der Waals surface area contributed by atoms with E-state index >= 15 is 0 Å². The van der Waals surface area contributed by atoms with Crippen LogP contribution < -0.4 is 4.74 Å². The van der Waals surface area contributed by atoms with Gasteiger partial charge in [-0.1, -0.05) is 6.07 Å². The Hall–Kier alpha value is -1.61. The SMILES string of the molecule is CCOc1ccc(C(=O)CCCc2cccs2)cc1. The summed E-state index contributed by atoms with van der Waals surface area (Å²) in [5, 5.41) is 2.07. The van der Waals surface area contributed by atoms with Gasteiger partial charge in [0.05, 0.1) is 6.61 Å². The second kappa shape index (κ2) is 7.10. The van der Waals surface area contributed by atoms with Crippen LogP contribution in [0.5, 0.6) is 5.75 Å². The molecule has 0 aliphatic heterocycles. The minimum atomic E-state index is 0.208. The number of aryl methyl sites for hydroxylation is 1. The van der Waals surface area contributed by atoms with Crippen LogP contribution in [-0.2, 0) is 6.42 Å². The smallest absolute Gasteiger partial charge is 0.162 e. The Kier molecular flexibility index (Phi) is 5.16. The van der Waals surface area contributed by atoms with Gasteiger partial charge in [-0.05, 0) is 55.5 Å². The number of hydrogen-bond acceptors (Lipinski definition) is 3. The predicted molar refractivity (Wildman–Crippen MR) is 79.2 cm³/mol. The Bertz CT molecular complexity index is 500. The van der Waals surface area contributed by atoms with Gasteiger partial charge in [-0.2, -0.15) is 0 Å². The van der Waals surface area contributed by atoms with E-state index in [9.17, 15) is 4.79 Å². The zero-order valence-corrected chi connectivity index (χ0v) is 11.9. The monoisotopic (exact) mass is 274 g/mol. The third-order valence-corrected chi connectivity index (χ3v) is 3.83. The molecule has 0 saturated carbocycles. The zero-order valence-electron chi connectivity index (χ0n) is 11.1. The summed E-state index contributed by atoms with van der Waals surface area (Å²) in [5.74, 6) is 1.03. The van der Waals surface area contributed by atoms with Crippen LogP contribution in [0, 0.1) is 0 Å². The van der Waals surface area contributed by atoms with Crippen LogP contribution in [0.2, 0.25) is 0 Å². The second-order valence-corrected chi connectivity index (χ2v) is 5.35. The average molecular weight is 274 g/mol. The highest BCUT2D eigenvalue weighted by Gasteiger charge is 2.06. The maximum Gasteiger partial charge on any atom is 0.162 e. The first-order chi connectivity index (χ1) is 9.29. The summed E-state index contributed by atoms with van der Waals surface area (Å²) in [6.07, 6.45) is 2.50. The first kappa shape index (κ1) is 13.8. The standard InChI is InChI=1S/C16H18O2S/c1-2-18-14-10-8-13(9-11-14)16(17)7-3-5-15-6-4-12-19-15/h4,6,8-12H,2-3,5,7H2,1H3. The minimum Gasteiger partial charge on any atom is -0.494 e. The number of hydrogen-bond donors (Lipinski definition) is 0. The molecule has 0 fully saturated rings. The van der Waals surface area contributed by atoms with Gasteiger partial charge < -0.3 is 4.74 Å². The third-order valence-electron chi connectivity index (χ3n) is 2.89. The highest BCUT2D eigenvalue weighted by Crippen LogP contribution is 2.16. The van der Waals surface area contributed by atoms with Gasteiger partial charge in [-0.3, -0.25) is 4.79 Å². The minimum absolute atomic E-state index is 0.208. The molecule has 0 bridgehead atoms. The number of ketones is 1. The van der Waals surface area contributed by atoms with Crippen LogP contribution in [0.25, 0.3) is 0 Å². The Morgan fingerprint density at radius 1 is 1.21 bits per heavy atom. The van der Waals surface area contributed by atoms with Gasteiger partial charge in [0.1, 0.15) is 5.75 Å². The molecule has 0 saturated heterocycles. The molecule has 19 heavy (non-hydrogen) atoms. The highest BCUT2D eigenvalue weighted by molar-refractivity contribution is 7.09. The molecule has 3 heteroatoms. The first-order valence-electron chi connectivity index (χ1n) is 6.58. The van der Waals surface area contributed by atoms with Crippen molar-refractivity contribution in [3.8, 4) is 5.75 Å². The number of benzene rings is 1. The van der Waals surface area contributed by atoms with Crippen molar-refractivity contribution in [1.82, 2.24) is 0 Å². The molecule has 2 nitrogen and oxygen atoms in total. The fourth-order valence-electron chi connectivity index (χ4n) is 1.93. The quantitative estimate of drug-likeness (QED) is 0.701. The van der Waals surface area contributed by atoms with Crippen LogP contribution in [0.3, 0.4) is 0 Å². The van der Waals surface area contributed by atoms with E-state index in [0.717, 1.165) is 24.2 Å². The maximum atomic E-state index is 12.0. The molecule has 0 amide bonds. The molecular formula is C16H18O2S. The summed E-state index contributed by atoms with van der Waals surface area (Å²) in [6, 6.07) is 11.6. The van der Waals surface area contributed by atoms with Crippen molar-refractivity contribution >= 4 is 17.1 Å². The summed E-state index contributed by atoms with van der Waals surface area (Å²) in [7, 11) is 0. The van der Waals surface area contributed by atoms with E-state index in [2.05, 4.69) is 11.4 Å². The third kappa shape index (κ3) is 4.21. The van der Waals surface area contributed by atoms with Crippen molar-refractivity contribution in [2.24, 2.45) is 0 Å². The summed E-state index contributed by atoms with van der Waals surface area (Å²) in [6.45, 7) is 2.59. The number of carbonyl (C=O) groups is 1. The summed E-state index contributed by atoms with van der Waals surface area (Å²) >= 11 is 1.75. The van der Waals surface area contributed by atoms with Crippen molar-refractivity contribution in [3.63, 3.8) is 0 Å². The highest BCUT2D eigenvalue weighted by atomic mass is 32.1. The van der Waals surface area contributed by atoms with E-state index in [1.54, 1.807) is 11.3 Å². The Balaban J connectivity index is 1.82. The Morgan fingerprint density at radius 2 is 2.00 bits per heavy atom. The molecule has 1 aromatic carbocycles. The summed E-state index contributed by atoms with van der Waals surface area (Å²) in [5.41, 5.74) is 0.773. The maximum absolute atomic E-state index is 12.0. The molecule has 1 heterocycles. The van der Waals surface area contributed by atoms with Gasteiger partial charge in [0, 0.05) is 16.9 Å². The summed E-state index contributed by atoms with van der Waals surface area (Å²) < 4.78 is 5.36. The van der Waals surface area contributed by atoms with E-state index < -0.39 is 0 Å². The van der Waals surface area contributed by atoms with Crippen molar-refractivity contribution in [1.29, 1.82) is 0 Å². The predicted octanol–water partition coefficient (Wildman–Crippen LogP) is 4.35. The normalized spacial score (nSPS) is 10.4. The van der Waals surface area contributed by atoms with Gasteiger partial charge in [0.2, 0.25) is 0 Å². The molecule has 0 unspecified atom stereocenters. The number of thiophene rings is 1. The lowest BCUT2D eigenvalue weighted by Gasteiger charge is -2.04. The van der Waals surface area contributed by atoms with Gasteiger partial charge >= 0.3 is 0 Å². The van der Waals surface area contributed by atoms with Gasteiger partial charge in [0.15, 0.2) is 5.78 Å². The van der Waals surface area contributed by atoms with E-state index in [-0.39, 0.29) is 5.78 Å². The van der Waals surface area contributed by atoms with Crippen LogP contribution in [0.4, 0.5) is 0 Å². The van der Waals surface area contributed by atoms with E-state index in [1.807, 2.05) is 37.3 Å². The van der Waals surface area contributed by atoms with Crippen LogP contribution in [0.1, 0.15) is 35.0 Å². The Morgan fingerprint density at radius 3 is 2.63 bits per heavy atom. The number of Topliss-reactive ketones (excluding diaryl/α,β-unsaturated/α-hetero) is 1. The van der Waals surface area contributed by atoms with Crippen molar-refractivity contribution in [2.45, 2.75) is 26.2 Å². The molecule has 100 valence electrons. The fraction of sp³-hybridized carbons (Fsp3) is 0.312. The van der Waals surface area contributed by atoms with Gasteiger partial charge in [0.25, 0.3) is 0 Å². The Labute approximate surface area is 118 Å². The van der Waals surface area contributed by atoms with Gasteiger partial charge in [-0.15, -0.1) is 11.3 Å². The number of carbonyl (C=O) groups excluding carboxylic acids is 1. The van der Waals surface area contributed by atoms with E-state index in [4.69, 9.17) is 4.74 Å². The van der Waals surface area contributed by atoms with Crippen molar-refractivity contribution in [3.05, 3.63) is 52.2 Å². The zero-order chi connectivity index (χ0) is 13.5. The molecule has 0 aliphatic rings. The molecule has 0 aliphatic carbocycles. The van der Waals surface area contributed by atoms with E-state index in [0.29, 0.717) is 13.0 Å². The molecule has 0 N–H and O–H groups in total. The van der Waals surface area contributed by atoms with Crippen LogP contribution in [-0.4, -0.2) is 12.4 Å². The molecular weight excluding hydrogens is 256 g/mol. The molecule has 2 rings (SSSR count). The molecule has 0 radical (unpaired) electrons. The average Bonchev–Trinajstić information content (AvgIpc) is 2.93. The second-order valence-electron chi connectivity index (χ2n) is 4.31. The van der Waals surface area contributed by atoms with E-state index in [1.165, 1.54) is 4.88 Å². The molecule has 0 atom stereocenters. The lowest BCUT2D eigenvalue weighted by molar-refractivity contribution is 0.0980. The number of rotatable bonds is 7. The van der Waals surface area contributed by atoms with Crippen LogP contribution >= 0.6 is 11.3 Å². The number of ether oxygens (including phenoxy) is 1. The van der Waals surface area contributed by atoms with Crippen molar-refractivity contribution < 1.29 is 9.53 Å². The fourth-order valence-corrected chi connectivity index (χ4v) is 2.68. The molecule has 1 aromatic heterocycles. The topological polar surface area (TPSA) is 26.3 Å².